The summed E-state index contributed by atoms with van der Waals surface area (Å²) in [6.07, 6.45) is 3.24. The van der Waals surface area contributed by atoms with Gasteiger partial charge in [-0.25, -0.2) is 4.79 Å². The lowest BCUT2D eigenvalue weighted by Gasteiger charge is -2.04. The lowest BCUT2D eigenvalue weighted by atomic mass is 10.1. The van der Waals surface area contributed by atoms with Gasteiger partial charge in [0.05, 0.1) is 18.4 Å². The third kappa shape index (κ3) is 1.96. The lowest BCUT2D eigenvalue weighted by Crippen LogP contribution is -2.05. The quantitative estimate of drug-likeness (QED) is 0.776. The Hall–Kier alpha value is -2.37. The number of rotatable bonds is 2. The number of ether oxygens (including phenoxy) is 1. The molecule has 2 N–H and O–H groups in total. The maximum atomic E-state index is 11.6. The van der Waals surface area contributed by atoms with Crippen LogP contribution in [-0.2, 0) is 11.8 Å². The molecule has 0 aromatic carbocycles. The first-order valence-electron chi connectivity index (χ1n) is 4.96. The SMILES string of the molecule is COC(=O)c1cccnc1-c1nn(C)cc1N. The normalized spacial score (nSPS) is 10.2. The minimum absolute atomic E-state index is 0.348. The average Bonchev–Trinajstić information content (AvgIpc) is 2.67. The van der Waals surface area contributed by atoms with Crippen LogP contribution in [0.25, 0.3) is 11.4 Å². The fourth-order valence-corrected chi connectivity index (χ4v) is 1.56. The maximum Gasteiger partial charge on any atom is 0.340 e. The lowest BCUT2D eigenvalue weighted by molar-refractivity contribution is 0.0601. The number of nitrogens with two attached hydrogens (primary N) is 1. The van der Waals surface area contributed by atoms with Crippen molar-refractivity contribution in [1.82, 2.24) is 14.8 Å². The zero-order chi connectivity index (χ0) is 12.4. The zero-order valence-electron chi connectivity index (χ0n) is 9.54. The predicted octanol–water partition coefficient (Wildman–Crippen LogP) is 0.851. The van der Waals surface area contributed by atoms with Gasteiger partial charge in [0.1, 0.15) is 11.4 Å². The zero-order valence-corrected chi connectivity index (χ0v) is 9.54. The number of carbonyl (C=O) groups excluding carboxylic acids is 1. The molecule has 0 unspecified atom stereocenters. The van der Waals surface area contributed by atoms with E-state index in [9.17, 15) is 4.79 Å². The van der Waals surface area contributed by atoms with Crippen LogP contribution in [0.3, 0.4) is 0 Å². The number of anilines is 1. The Bertz CT molecular complexity index is 562. The van der Waals surface area contributed by atoms with E-state index in [0.29, 0.717) is 22.6 Å². The molecule has 2 aromatic rings. The van der Waals surface area contributed by atoms with Gasteiger partial charge in [-0.1, -0.05) is 0 Å². The molecule has 0 spiro atoms. The molecule has 0 atom stereocenters. The molecule has 0 aliphatic carbocycles. The fourth-order valence-electron chi connectivity index (χ4n) is 1.56. The number of methoxy groups -OCH3 is 1. The van der Waals surface area contributed by atoms with Crippen molar-refractivity contribution >= 4 is 11.7 Å². The van der Waals surface area contributed by atoms with Crippen molar-refractivity contribution in [3.8, 4) is 11.4 Å². The summed E-state index contributed by atoms with van der Waals surface area (Å²) in [6, 6.07) is 3.29. The number of pyridine rings is 1. The van der Waals surface area contributed by atoms with Gasteiger partial charge in [-0.3, -0.25) is 9.67 Å². The number of aryl methyl sites for hydroxylation is 1. The van der Waals surface area contributed by atoms with E-state index in [-0.39, 0.29) is 0 Å². The monoisotopic (exact) mass is 232 g/mol. The average molecular weight is 232 g/mol. The van der Waals surface area contributed by atoms with Crippen LogP contribution < -0.4 is 5.73 Å². The third-order valence-electron chi connectivity index (χ3n) is 2.29. The first-order chi connectivity index (χ1) is 8.13. The molecule has 0 saturated carbocycles. The molecule has 0 fully saturated rings. The highest BCUT2D eigenvalue weighted by Gasteiger charge is 2.18. The number of esters is 1. The van der Waals surface area contributed by atoms with Crippen molar-refractivity contribution in [2.45, 2.75) is 0 Å². The number of hydrogen-bond donors (Lipinski definition) is 1. The molecule has 0 amide bonds. The Morgan fingerprint density at radius 3 is 2.82 bits per heavy atom. The van der Waals surface area contributed by atoms with Gasteiger partial charge >= 0.3 is 5.97 Å². The number of nitrogens with zero attached hydrogens (tertiary/aromatic N) is 3. The van der Waals surface area contributed by atoms with E-state index >= 15 is 0 Å². The van der Waals surface area contributed by atoms with Crippen molar-refractivity contribution in [1.29, 1.82) is 0 Å². The summed E-state index contributed by atoms with van der Waals surface area (Å²) < 4.78 is 6.26. The molecule has 2 aromatic heterocycles. The highest BCUT2D eigenvalue weighted by Crippen LogP contribution is 2.25. The Labute approximate surface area is 98.0 Å². The van der Waals surface area contributed by atoms with Crippen LogP contribution in [0.4, 0.5) is 5.69 Å². The summed E-state index contributed by atoms with van der Waals surface area (Å²) in [5.74, 6) is -0.460. The smallest absolute Gasteiger partial charge is 0.340 e. The Morgan fingerprint density at radius 1 is 1.47 bits per heavy atom. The van der Waals surface area contributed by atoms with Gasteiger partial charge in [-0.15, -0.1) is 0 Å². The molecule has 88 valence electrons. The Kier molecular flexibility index (Phi) is 2.78. The number of carbonyl (C=O) groups is 1. The van der Waals surface area contributed by atoms with E-state index in [1.54, 1.807) is 36.3 Å². The molecule has 0 aliphatic rings. The minimum Gasteiger partial charge on any atom is -0.465 e. The van der Waals surface area contributed by atoms with Gasteiger partial charge in [-0.2, -0.15) is 5.10 Å². The summed E-state index contributed by atoms with van der Waals surface area (Å²) in [7, 11) is 3.07. The number of nitrogen functional groups attached to an aromatic ring is 1. The number of aromatic nitrogens is 3. The van der Waals surface area contributed by atoms with Crippen LogP contribution in [0.2, 0.25) is 0 Å². The summed E-state index contributed by atoms with van der Waals surface area (Å²) in [6.45, 7) is 0. The van der Waals surface area contributed by atoms with Crippen LogP contribution in [0.1, 0.15) is 10.4 Å². The standard InChI is InChI=1S/C11H12N4O2/c1-15-6-8(12)10(14-15)9-7(11(16)17-2)4-3-5-13-9/h3-6H,12H2,1-2H3. The fraction of sp³-hybridized carbons (Fsp3) is 0.182. The molecular weight excluding hydrogens is 220 g/mol. The van der Waals surface area contributed by atoms with Gasteiger partial charge in [0, 0.05) is 19.4 Å². The topological polar surface area (TPSA) is 83.0 Å². The first-order valence-corrected chi connectivity index (χ1v) is 4.96. The summed E-state index contributed by atoms with van der Waals surface area (Å²) in [5, 5.41) is 4.18. The van der Waals surface area contributed by atoms with E-state index in [0.717, 1.165) is 0 Å². The molecule has 6 heteroatoms. The van der Waals surface area contributed by atoms with Gasteiger partial charge in [0.25, 0.3) is 0 Å². The summed E-state index contributed by atoms with van der Waals surface area (Å²) in [4.78, 5) is 15.7. The molecular formula is C11H12N4O2. The van der Waals surface area contributed by atoms with Crippen LogP contribution in [0, 0.1) is 0 Å². The van der Waals surface area contributed by atoms with Crippen molar-refractivity contribution in [2.24, 2.45) is 7.05 Å². The van der Waals surface area contributed by atoms with Crippen molar-refractivity contribution in [3.63, 3.8) is 0 Å². The largest absolute Gasteiger partial charge is 0.465 e. The molecule has 0 aliphatic heterocycles. The highest BCUT2D eigenvalue weighted by atomic mass is 16.5. The van der Waals surface area contributed by atoms with E-state index in [2.05, 4.69) is 10.1 Å². The minimum atomic E-state index is -0.460. The van der Waals surface area contributed by atoms with E-state index < -0.39 is 5.97 Å². The van der Waals surface area contributed by atoms with Crippen LogP contribution in [0.15, 0.2) is 24.5 Å². The Balaban J connectivity index is 2.59. The van der Waals surface area contributed by atoms with E-state index in [1.165, 1.54) is 7.11 Å². The second-order valence-corrected chi connectivity index (χ2v) is 3.50. The second-order valence-electron chi connectivity index (χ2n) is 3.50. The first kappa shape index (κ1) is 11.1. The van der Waals surface area contributed by atoms with Crippen molar-refractivity contribution in [2.75, 3.05) is 12.8 Å². The van der Waals surface area contributed by atoms with E-state index in [4.69, 9.17) is 10.5 Å². The number of hydrogen-bond acceptors (Lipinski definition) is 5. The van der Waals surface area contributed by atoms with Crippen LogP contribution in [0.5, 0.6) is 0 Å². The molecule has 0 saturated heterocycles. The Morgan fingerprint density at radius 2 is 2.24 bits per heavy atom. The molecule has 0 radical (unpaired) electrons. The summed E-state index contributed by atoms with van der Waals surface area (Å²) in [5.41, 5.74) is 7.53. The van der Waals surface area contributed by atoms with Crippen LogP contribution in [-0.4, -0.2) is 27.8 Å². The predicted molar refractivity (Wildman–Crippen MR) is 62.2 cm³/mol. The maximum absolute atomic E-state index is 11.6. The summed E-state index contributed by atoms with van der Waals surface area (Å²) >= 11 is 0. The van der Waals surface area contributed by atoms with Gasteiger partial charge in [-0.05, 0) is 12.1 Å². The second kappa shape index (κ2) is 4.25. The van der Waals surface area contributed by atoms with Crippen molar-refractivity contribution in [3.05, 3.63) is 30.1 Å². The van der Waals surface area contributed by atoms with Crippen molar-refractivity contribution < 1.29 is 9.53 Å². The van der Waals surface area contributed by atoms with Gasteiger partial charge in [0.2, 0.25) is 0 Å². The molecule has 6 nitrogen and oxygen atoms in total. The highest BCUT2D eigenvalue weighted by molar-refractivity contribution is 5.96. The third-order valence-corrected chi connectivity index (χ3v) is 2.29. The van der Waals surface area contributed by atoms with Crippen LogP contribution >= 0.6 is 0 Å². The molecule has 2 rings (SSSR count). The molecule has 17 heavy (non-hydrogen) atoms. The molecule has 0 bridgehead atoms. The van der Waals surface area contributed by atoms with E-state index in [1.807, 2.05) is 0 Å². The molecule has 2 heterocycles. The van der Waals surface area contributed by atoms with Gasteiger partial charge in [0.15, 0.2) is 0 Å². The van der Waals surface area contributed by atoms with Gasteiger partial charge < -0.3 is 10.5 Å².